The first kappa shape index (κ1) is 22.8. The first-order valence-electron chi connectivity index (χ1n) is 11.0. The maximum Gasteiger partial charge on any atom is 0.418 e. The fourth-order valence-corrected chi connectivity index (χ4v) is 4.43. The van der Waals surface area contributed by atoms with E-state index in [4.69, 9.17) is 9.47 Å². The molecule has 4 aromatic rings. The van der Waals surface area contributed by atoms with Crippen LogP contribution in [0.5, 0.6) is 11.5 Å². The Hall–Kier alpha value is -4.02. The van der Waals surface area contributed by atoms with Crippen molar-refractivity contribution >= 4 is 17.3 Å². The van der Waals surface area contributed by atoms with Gasteiger partial charge in [-0.3, -0.25) is 0 Å². The zero-order valence-electron chi connectivity index (χ0n) is 19.2. The Morgan fingerprint density at radius 3 is 2.29 bits per heavy atom. The predicted molar refractivity (Wildman–Crippen MR) is 125 cm³/mol. The van der Waals surface area contributed by atoms with Crippen molar-refractivity contribution in [2.75, 3.05) is 50.2 Å². The summed E-state index contributed by atoms with van der Waals surface area (Å²) in [6.45, 7) is 1.81. The molecule has 0 amide bonds. The summed E-state index contributed by atoms with van der Waals surface area (Å²) < 4.78 is 53.2. The molecule has 1 saturated heterocycles. The second-order valence-corrected chi connectivity index (χ2v) is 8.03. The molecule has 0 bridgehead atoms. The maximum absolute atomic E-state index is 13.6. The second kappa shape index (κ2) is 8.97. The van der Waals surface area contributed by atoms with Gasteiger partial charge in [0.25, 0.3) is 5.78 Å². The molecular weight excluding hydrogens is 461 g/mol. The second-order valence-electron chi connectivity index (χ2n) is 8.03. The van der Waals surface area contributed by atoms with E-state index in [1.807, 2.05) is 18.2 Å². The average molecular weight is 484 g/mol. The van der Waals surface area contributed by atoms with E-state index in [9.17, 15) is 13.2 Å². The van der Waals surface area contributed by atoms with Crippen LogP contribution < -0.4 is 19.3 Å². The molecule has 0 radical (unpaired) electrons. The van der Waals surface area contributed by atoms with Crippen molar-refractivity contribution in [1.82, 2.24) is 19.6 Å². The highest BCUT2D eigenvalue weighted by atomic mass is 19.4. The molecule has 11 heteroatoms. The fourth-order valence-electron chi connectivity index (χ4n) is 4.43. The number of aromatic nitrogens is 4. The summed E-state index contributed by atoms with van der Waals surface area (Å²) in [6, 6.07) is 11.3. The number of para-hydroxylation sites is 1. The van der Waals surface area contributed by atoms with Crippen molar-refractivity contribution in [1.29, 1.82) is 0 Å². The summed E-state index contributed by atoms with van der Waals surface area (Å²) in [5.74, 6) is 2.38. The first-order chi connectivity index (χ1) is 16.9. The molecule has 5 rings (SSSR count). The van der Waals surface area contributed by atoms with Crippen LogP contribution in [0.1, 0.15) is 5.56 Å². The van der Waals surface area contributed by atoms with Gasteiger partial charge in [-0.2, -0.15) is 27.8 Å². The number of rotatable bonds is 5. The van der Waals surface area contributed by atoms with Crippen LogP contribution in [0.2, 0.25) is 0 Å². The van der Waals surface area contributed by atoms with Crippen LogP contribution in [0, 0.1) is 0 Å². The molecule has 0 atom stereocenters. The topological polar surface area (TPSA) is 68.0 Å². The lowest BCUT2D eigenvalue weighted by atomic mass is 10.1. The van der Waals surface area contributed by atoms with Gasteiger partial charge in [-0.05, 0) is 29.8 Å². The third-order valence-corrected chi connectivity index (χ3v) is 6.10. The van der Waals surface area contributed by atoms with Gasteiger partial charge >= 0.3 is 6.18 Å². The highest BCUT2D eigenvalue weighted by Crippen LogP contribution is 2.39. The van der Waals surface area contributed by atoms with E-state index < -0.39 is 11.7 Å². The summed E-state index contributed by atoms with van der Waals surface area (Å²) in [5, 5.41) is 4.36. The molecule has 0 N–H and O–H groups in total. The number of alkyl halides is 3. The van der Waals surface area contributed by atoms with Crippen LogP contribution in [0.4, 0.5) is 24.7 Å². The lowest BCUT2D eigenvalue weighted by Gasteiger charge is -2.38. The molecule has 0 aliphatic carbocycles. The van der Waals surface area contributed by atoms with Crippen LogP contribution in [-0.2, 0) is 6.18 Å². The number of ether oxygens (including phenoxy) is 2. The largest absolute Gasteiger partial charge is 0.493 e. The lowest BCUT2D eigenvalue weighted by molar-refractivity contribution is -0.137. The normalized spacial score (nSPS) is 14.4. The zero-order valence-corrected chi connectivity index (χ0v) is 19.2. The number of benzene rings is 2. The number of fused-ring (bicyclic) bond motifs is 1. The van der Waals surface area contributed by atoms with Crippen LogP contribution in [0.15, 0.2) is 55.0 Å². The summed E-state index contributed by atoms with van der Waals surface area (Å²) >= 11 is 0. The number of piperazine rings is 1. The minimum Gasteiger partial charge on any atom is -0.493 e. The van der Waals surface area contributed by atoms with Gasteiger partial charge < -0.3 is 19.3 Å². The lowest BCUT2D eigenvalue weighted by Crippen LogP contribution is -2.47. The van der Waals surface area contributed by atoms with E-state index in [0.717, 1.165) is 23.0 Å². The Balaban J connectivity index is 1.50. The van der Waals surface area contributed by atoms with Gasteiger partial charge in [-0.25, -0.2) is 4.98 Å². The quantitative estimate of drug-likeness (QED) is 0.422. The van der Waals surface area contributed by atoms with Crippen LogP contribution in [0.25, 0.3) is 16.9 Å². The summed E-state index contributed by atoms with van der Waals surface area (Å²) in [6.07, 6.45) is -1.25. The fraction of sp³-hybridized carbons (Fsp3) is 0.292. The van der Waals surface area contributed by atoms with Gasteiger partial charge in [-0.15, -0.1) is 0 Å². The van der Waals surface area contributed by atoms with Crippen LogP contribution in [-0.4, -0.2) is 60.0 Å². The van der Waals surface area contributed by atoms with E-state index >= 15 is 0 Å². The van der Waals surface area contributed by atoms with Crippen LogP contribution in [0.3, 0.4) is 0 Å². The molecule has 3 heterocycles. The van der Waals surface area contributed by atoms with Gasteiger partial charge in [0, 0.05) is 43.6 Å². The summed E-state index contributed by atoms with van der Waals surface area (Å²) in [5.41, 5.74) is 1.21. The highest BCUT2D eigenvalue weighted by Gasteiger charge is 2.35. The van der Waals surface area contributed by atoms with Gasteiger partial charge in [0.1, 0.15) is 12.1 Å². The van der Waals surface area contributed by atoms with Gasteiger partial charge in [0.15, 0.2) is 11.5 Å². The Morgan fingerprint density at radius 2 is 1.57 bits per heavy atom. The van der Waals surface area contributed by atoms with Gasteiger partial charge in [-0.1, -0.05) is 18.2 Å². The third-order valence-electron chi connectivity index (χ3n) is 6.10. The molecule has 2 aromatic heterocycles. The van der Waals surface area contributed by atoms with Crippen molar-refractivity contribution in [3.8, 4) is 22.6 Å². The number of methoxy groups -OCH3 is 2. The highest BCUT2D eigenvalue weighted by molar-refractivity contribution is 5.78. The molecule has 35 heavy (non-hydrogen) atoms. The van der Waals surface area contributed by atoms with Gasteiger partial charge in [0.2, 0.25) is 0 Å². The van der Waals surface area contributed by atoms with Crippen molar-refractivity contribution in [3.63, 3.8) is 0 Å². The minimum atomic E-state index is -4.41. The van der Waals surface area contributed by atoms with Crippen LogP contribution >= 0.6 is 0 Å². The van der Waals surface area contributed by atoms with E-state index in [0.29, 0.717) is 43.5 Å². The molecule has 0 spiro atoms. The molecule has 8 nitrogen and oxygen atoms in total. The average Bonchev–Trinajstić information content (AvgIpc) is 3.36. The van der Waals surface area contributed by atoms with Crippen molar-refractivity contribution in [2.24, 2.45) is 0 Å². The number of nitrogens with zero attached hydrogens (tertiary/aromatic N) is 6. The molecule has 0 unspecified atom stereocenters. The molecule has 1 aliphatic heterocycles. The first-order valence-corrected chi connectivity index (χ1v) is 11.0. The summed E-state index contributed by atoms with van der Waals surface area (Å²) in [4.78, 5) is 12.5. The van der Waals surface area contributed by atoms with E-state index in [2.05, 4.69) is 20.0 Å². The monoisotopic (exact) mass is 484 g/mol. The zero-order chi connectivity index (χ0) is 24.6. The molecule has 0 saturated carbocycles. The van der Waals surface area contributed by atoms with Crippen molar-refractivity contribution in [3.05, 3.63) is 60.6 Å². The third kappa shape index (κ3) is 4.17. The van der Waals surface area contributed by atoms with E-state index in [1.165, 1.54) is 18.5 Å². The predicted octanol–water partition coefficient (Wildman–Crippen LogP) is 4.15. The molecule has 182 valence electrons. The van der Waals surface area contributed by atoms with Gasteiger partial charge in [0.05, 0.1) is 19.8 Å². The number of hydrogen-bond acceptors (Lipinski definition) is 7. The van der Waals surface area contributed by atoms with Crippen molar-refractivity contribution in [2.45, 2.75) is 6.18 Å². The minimum absolute atomic E-state index is 0.195. The Morgan fingerprint density at radius 1 is 0.857 bits per heavy atom. The smallest absolute Gasteiger partial charge is 0.418 e. The van der Waals surface area contributed by atoms with E-state index in [-0.39, 0.29) is 5.69 Å². The Bertz CT molecular complexity index is 1350. The molecule has 2 aromatic carbocycles. The number of hydrogen-bond donors (Lipinski definition) is 0. The van der Waals surface area contributed by atoms with Crippen molar-refractivity contribution < 1.29 is 22.6 Å². The maximum atomic E-state index is 13.6. The molecular formula is C24H23F3N6O2. The standard InChI is InChI=1S/C24H23F3N6O2/c1-34-20-8-7-16(13-21(20)35-2)17-14-28-23-29-15-30-33(23)22(17)32-11-9-31(10-12-32)19-6-4-3-5-18(19)24(25,26)27/h3-8,13-15H,9-12H2,1-2H3. The summed E-state index contributed by atoms with van der Waals surface area (Å²) in [7, 11) is 3.14. The number of anilines is 2. The van der Waals surface area contributed by atoms with E-state index in [1.54, 1.807) is 35.9 Å². The molecule has 1 fully saturated rings. The molecule has 1 aliphatic rings. The SMILES string of the molecule is COc1ccc(-c2cnc3ncnn3c2N2CCN(c3ccccc3C(F)(F)F)CC2)cc1OC. The Kier molecular flexibility index (Phi) is 5.83. The number of halogens is 3. The Labute approximate surface area is 199 Å².